The van der Waals surface area contributed by atoms with Crippen LogP contribution in [-0.2, 0) is 0 Å². The van der Waals surface area contributed by atoms with Gasteiger partial charge in [0.05, 0.1) is 0 Å². The molecule has 15 heavy (non-hydrogen) atoms. The summed E-state index contributed by atoms with van der Waals surface area (Å²) < 4.78 is 0. The van der Waals surface area contributed by atoms with Crippen molar-refractivity contribution >= 4 is 11.6 Å². The van der Waals surface area contributed by atoms with E-state index in [2.05, 4.69) is 11.8 Å². The number of alkyl halides is 1. The number of likely N-dealkylation sites (tertiary alicyclic amines) is 1. The van der Waals surface area contributed by atoms with Gasteiger partial charge in [-0.15, -0.1) is 11.6 Å². The van der Waals surface area contributed by atoms with Crippen molar-refractivity contribution in [2.45, 2.75) is 75.8 Å². The zero-order chi connectivity index (χ0) is 10.7. The van der Waals surface area contributed by atoms with E-state index in [0.29, 0.717) is 5.38 Å². The molecule has 2 rings (SSSR count). The smallest absolute Gasteiger partial charge is 0.0322 e. The second kappa shape index (κ2) is 5.54. The maximum atomic E-state index is 6.14. The lowest BCUT2D eigenvalue weighted by molar-refractivity contribution is 0.136. The van der Waals surface area contributed by atoms with Crippen LogP contribution in [0.1, 0.15) is 58.3 Å². The average molecular weight is 230 g/mol. The van der Waals surface area contributed by atoms with Crippen LogP contribution in [0.4, 0.5) is 0 Å². The van der Waals surface area contributed by atoms with Crippen molar-refractivity contribution in [3.63, 3.8) is 0 Å². The van der Waals surface area contributed by atoms with E-state index in [0.717, 1.165) is 12.1 Å². The lowest BCUT2D eigenvalue weighted by Crippen LogP contribution is -2.41. The normalized spacial score (nSPS) is 32.0. The maximum Gasteiger partial charge on any atom is 0.0322 e. The SMILES string of the molecule is CC(Cl)CC1CCCN1C1CCCCC1. The van der Waals surface area contributed by atoms with Crippen molar-refractivity contribution < 1.29 is 0 Å². The van der Waals surface area contributed by atoms with Crippen molar-refractivity contribution in [1.29, 1.82) is 0 Å². The highest BCUT2D eigenvalue weighted by atomic mass is 35.5. The Hall–Kier alpha value is 0.250. The quantitative estimate of drug-likeness (QED) is 0.666. The molecule has 2 atom stereocenters. The lowest BCUT2D eigenvalue weighted by atomic mass is 9.93. The minimum absolute atomic E-state index is 0.346. The lowest BCUT2D eigenvalue weighted by Gasteiger charge is -2.36. The summed E-state index contributed by atoms with van der Waals surface area (Å²) >= 11 is 6.14. The van der Waals surface area contributed by atoms with Crippen LogP contribution in [0.25, 0.3) is 0 Å². The van der Waals surface area contributed by atoms with Crippen LogP contribution < -0.4 is 0 Å². The van der Waals surface area contributed by atoms with E-state index in [1.165, 1.54) is 57.9 Å². The number of rotatable bonds is 3. The molecule has 0 N–H and O–H groups in total. The molecule has 0 radical (unpaired) electrons. The van der Waals surface area contributed by atoms with Crippen molar-refractivity contribution in [2.24, 2.45) is 0 Å². The molecule has 1 saturated carbocycles. The highest BCUT2D eigenvalue weighted by Crippen LogP contribution is 2.31. The molecule has 88 valence electrons. The third-order valence-corrected chi connectivity index (χ3v) is 4.24. The van der Waals surface area contributed by atoms with Gasteiger partial charge >= 0.3 is 0 Å². The molecule has 1 heterocycles. The van der Waals surface area contributed by atoms with Crippen LogP contribution in [0, 0.1) is 0 Å². The number of nitrogens with zero attached hydrogens (tertiary/aromatic N) is 1. The van der Waals surface area contributed by atoms with Gasteiger partial charge in [0.25, 0.3) is 0 Å². The van der Waals surface area contributed by atoms with Crippen molar-refractivity contribution in [3.05, 3.63) is 0 Å². The van der Waals surface area contributed by atoms with Crippen molar-refractivity contribution in [2.75, 3.05) is 6.54 Å². The third-order valence-electron chi connectivity index (χ3n) is 4.06. The fourth-order valence-corrected chi connectivity index (χ4v) is 3.59. The van der Waals surface area contributed by atoms with Gasteiger partial charge in [0, 0.05) is 17.5 Å². The molecule has 2 fully saturated rings. The first kappa shape index (κ1) is 11.7. The second-order valence-electron chi connectivity index (χ2n) is 5.34. The monoisotopic (exact) mass is 229 g/mol. The van der Waals surface area contributed by atoms with Crippen LogP contribution in [0.3, 0.4) is 0 Å². The van der Waals surface area contributed by atoms with E-state index in [-0.39, 0.29) is 0 Å². The van der Waals surface area contributed by atoms with Gasteiger partial charge in [0.15, 0.2) is 0 Å². The summed E-state index contributed by atoms with van der Waals surface area (Å²) in [5, 5.41) is 0.346. The van der Waals surface area contributed by atoms with E-state index in [1.807, 2.05) is 0 Å². The molecular formula is C13H24ClN. The fraction of sp³-hybridized carbons (Fsp3) is 1.00. The van der Waals surface area contributed by atoms with Gasteiger partial charge in [0.1, 0.15) is 0 Å². The molecule has 2 aliphatic rings. The topological polar surface area (TPSA) is 3.24 Å². The van der Waals surface area contributed by atoms with Crippen LogP contribution >= 0.6 is 11.6 Å². The molecule has 0 aromatic rings. The summed E-state index contributed by atoms with van der Waals surface area (Å²) in [6, 6.07) is 1.68. The standard InChI is InChI=1S/C13H24ClN/c1-11(14)10-13-8-5-9-15(13)12-6-3-2-4-7-12/h11-13H,2-10H2,1H3. The van der Waals surface area contributed by atoms with E-state index in [4.69, 9.17) is 11.6 Å². The number of halogens is 1. The second-order valence-corrected chi connectivity index (χ2v) is 6.09. The Morgan fingerprint density at radius 2 is 1.87 bits per heavy atom. The highest BCUT2D eigenvalue weighted by molar-refractivity contribution is 6.20. The van der Waals surface area contributed by atoms with E-state index < -0.39 is 0 Å². The van der Waals surface area contributed by atoms with Crippen molar-refractivity contribution in [3.8, 4) is 0 Å². The predicted molar refractivity (Wildman–Crippen MR) is 66.5 cm³/mol. The Balaban J connectivity index is 1.88. The highest BCUT2D eigenvalue weighted by Gasteiger charge is 2.31. The van der Waals surface area contributed by atoms with Gasteiger partial charge in [-0.25, -0.2) is 0 Å². The van der Waals surface area contributed by atoms with Gasteiger partial charge in [-0.05, 0) is 45.6 Å². The number of hydrogen-bond donors (Lipinski definition) is 0. The molecule has 2 heteroatoms. The number of hydrogen-bond acceptors (Lipinski definition) is 1. The van der Waals surface area contributed by atoms with Crippen LogP contribution in [0.15, 0.2) is 0 Å². The van der Waals surface area contributed by atoms with Gasteiger partial charge in [-0.1, -0.05) is 19.3 Å². The summed E-state index contributed by atoms with van der Waals surface area (Å²) in [5.74, 6) is 0. The van der Waals surface area contributed by atoms with Gasteiger partial charge in [-0.3, -0.25) is 4.90 Å². The summed E-state index contributed by atoms with van der Waals surface area (Å²) in [7, 11) is 0. The summed E-state index contributed by atoms with van der Waals surface area (Å²) in [6.07, 6.45) is 11.2. The third kappa shape index (κ3) is 3.10. The first-order chi connectivity index (χ1) is 7.27. The van der Waals surface area contributed by atoms with Gasteiger partial charge < -0.3 is 0 Å². The van der Waals surface area contributed by atoms with Gasteiger partial charge in [0.2, 0.25) is 0 Å². The molecule has 0 spiro atoms. The first-order valence-corrected chi connectivity index (χ1v) is 7.11. The van der Waals surface area contributed by atoms with E-state index in [9.17, 15) is 0 Å². The molecule has 0 amide bonds. The maximum absolute atomic E-state index is 6.14. The molecule has 0 aromatic heterocycles. The average Bonchev–Trinajstić information content (AvgIpc) is 2.66. The Labute approximate surface area is 99.2 Å². The first-order valence-electron chi connectivity index (χ1n) is 6.67. The Morgan fingerprint density at radius 1 is 1.13 bits per heavy atom. The minimum atomic E-state index is 0.346. The molecule has 0 aromatic carbocycles. The van der Waals surface area contributed by atoms with E-state index in [1.54, 1.807) is 0 Å². The molecule has 1 nitrogen and oxygen atoms in total. The minimum Gasteiger partial charge on any atom is -0.297 e. The molecule has 1 saturated heterocycles. The van der Waals surface area contributed by atoms with Crippen LogP contribution in [-0.4, -0.2) is 28.9 Å². The van der Waals surface area contributed by atoms with Crippen LogP contribution in [0.5, 0.6) is 0 Å². The van der Waals surface area contributed by atoms with Crippen molar-refractivity contribution in [1.82, 2.24) is 4.90 Å². The summed E-state index contributed by atoms with van der Waals surface area (Å²) in [5.41, 5.74) is 0. The molecule has 2 unspecified atom stereocenters. The molecule has 1 aliphatic heterocycles. The molecule has 0 bridgehead atoms. The zero-order valence-electron chi connectivity index (χ0n) is 9.92. The van der Waals surface area contributed by atoms with Crippen LogP contribution in [0.2, 0.25) is 0 Å². The Kier molecular flexibility index (Phi) is 4.33. The van der Waals surface area contributed by atoms with Gasteiger partial charge in [-0.2, -0.15) is 0 Å². The summed E-state index contributed by atoms with van der Waals surface area (Å²) in [4.78, 5) is 2.78. The zero-order valence-corrected chi connectivity index (χ0v) is 10.7. The fourth-order valence-electron chi connectivity index (χ4n) is 3.38. The summed E-state index contributed by atoms with van der Waals surface area (Å²) in [6.45, 7) is 3.47. The molecule has 1 aliphatic carbocycles. The Morgan fingerprint density at radius 3 is 2.53 bits per heavy atom. The van der Waals surface area contributed by atoms with E-state index >= 15 is 0 Å². The largest absolute Gasteiger partial charge is 0.297 e. The predicted octanol–water partition coefficient (Wildman–Crippen LogP) is 3.80. The molecular weight excluding hydrogens is 206 g/mol. The Bertz CT molecular complexity index is 187.